The number of carbonyl (C=O) groups is 1. The molecular formula is C10H13NO3. The molecule has 0 aliphatic rings. The van der Waals surface area contributed by atoms with Gasteiger partial charge in [0.05, 0.1) is 13.2 Å². The van der Waals surface area contributed by atoms with E-state index in [1.54, 1.807) is 12.1 Å². The van der Waals surface area contributed by atoms with Crippen molar-refractivity contribution in [1.82, 2.24) is 4.98 Å². The first-order chi connectivity index (χ1) is 6.63. The highest BCUT2D eigenvalue weighted by molar-refractivity contribution is 5.87. The van der Waals surface area contributed by atoms with Crippen LogP contribution in [0.1, 0.15) is 24.3 Å². The Kier molecular flexibility index (Phi) is 3.45. The summed E-state index contributed by atoms with van der Waals surface area (Å²) in [7, 11) is 1.32. The van der Waals surface area contributed by atoms with Gasteiger partial charge in [0.15, 0.2) is 5.69 Å². The lowest BCUT2D eigenvalue weighted by Crippen LogP contribution is -2.08. The lowest BCUT2D eigenvalue weighted by molar-refractivity contribution is 0.0593. The average molecular weight is 195 g/mol. The van der Waals surface area contributed by atoms with Crippen molar-refractivity contribution >= 4 is 5.97 Å². The van der Waals surface area contributed by atoms with Gasteiger partial charge in [0.1, 0.15) is 5.75 Å². The summed E-state index contributed by atoms with van der Waals surface area (Å²) in [4.78, 5) is 15.0. The second-order valence-electron chi connectivity index (χ2n) is 3.03. The Morgan fingerprint density at radius 1 is 1.50 bits per heavy atom. The number of aromatic nitrogens is 1. The van der Waals surface area contributed by atoms with Gasteiger partial charge in [-0.3, -0.25) is 0 Å². The van der Waals surface area contributed by atoms with E-state index in [0.717, 1.165) is 0 Å². The molecule has 1 heterocycles. The smallest absolute Gasteiger partial charge is 0.356 e. The molecule has 1 aromatic heterocycles. The van der Waals surface area contributed by atoms with E-state index in [-0.39, 0.29) is 11.8 Å². The molecule has 4 nitrogen and oxygen atoms in total. The van der Waals surface area contributed by atoms with Gasteiger partial charge >= 0.3 is 5.97 Å². The maximum atomic E-state index is 11.1. The molecule has 0 aliphatic carbocycles. The summed E-state index contributed by atoms with van der Waals surface area (Å²) in [6, 6.07) is 3.26. The summed E-state index contributed by atoms with van der Waals surface area (Å²) < 4.78 is 9.94. The largest absolute Gasteiger partial charge is 0.491 e. The van der Waals surface area contributed by atoms with Crippen LogP contribution in [0.25, 0.3) is 0 Å². The number of hydrogen-bond donors (Lipinski definition) is 0. The Morgan fingerprint density at radius 3 is 2.79 bits per heavy atom. The fourth-order valence-corrected chi connectivity index (χ4v) is 0.973. The van der Waals surface area contributed by atoms with Crippen LogP contribution in [0.3, 0.4) is 0 Å². The van der Waals surface area contributed by atoms with Crippen molar-refractivity contribution in [3.05, 3.63) is 24.0 Å². The topological polar surface area (TPSA) is 48.4 Å². The maximum absolute atomic E-state index is 11.1. The summed E-state index contributed by atoms with van der Waals surface area (Å²) in [6.45, 7) is 3.83. The molecule has 0 saturated carbocycles. The standard InChI is InChI=1S/C10H13NO3/c1-7(2)14-8-4-5-11-9(6-8)10(12)13-3/h4-7H,1-3H3. The minimum atomic E-state index is -0.459. The fraction of sp³-hybridized carbons (Fsp3) is 0.400. The van der Waals surface area contributed by atoms with Crippen LogP contribution in [0.2, 0.25) is 0 Å². The van der Waals surface area contributed by atoms with E-state index >= 15 is 0 Å². The number of nitrogens with zero attached hydrogens (tertiary/aromatic N) is 1. The Balaban J connectivity index is 2.84. The van der Waals surface area contributed by atoms with E-state index in [9.17, 15) is 4.79 Å². The number of esters is 1. The van der Waals surface area contributed by atoms with Crippen LogP contribution in [0.5, 0.6) is 5.75 Å². The van der Waals surface area contributed by atoms with Crippen LogP contribution >= 0.6 is 0 Å². The third-order valence-corrected chi connectivity index (χ3v) is 1.50. The zero-order valence-corrected chi connectivity index (χ0v) is 8.48. The molecule has 0 saturated heterocycles. The lowest BCUT2D eigenvalue weighted by atomic mass is 10.3. The zero-order chi connectivity index (χ0) is 10.6. The first kappa shape index (κ1) is 10.5. The normalized spacial score (nSPS) is 10.0. The highest BCUT2D eigenvalue weighted by atomic mass is 16.5. The maximum Gasteiger partial charge on any atom is 0.356 e. The molecule has 0 spiro atoms. The van der Waals surface area contributed by atoms with Crippen LogP contribution in [0.4, 0.5) is 0 Å². The van der Waals surface area contributed by atoms with Crippen molar-refractivity contribution in [1.29, 1.82) is 0 Å². The molecule has 0 amide bonds. The molecule has 0 aliphatic heterocycles. The highest BCUT2D eigenvalue weighted by Crippen LogP contribution is 2.13. The monoisotopic (exact) mass is 195 g/mol. The van der Waals surface area contributed by atoms with E-state index in [1.807, 2.05) is 13.8 Å². The van der Waals surface area contributed by atoms with Crippen molar-refractivity contribution in [3.63, 3.8) is 0 Å². The minimum Gasteiger partial charge on any atom is -0.491 e. The second kappa shape index (κ2) is 4.60. The van der Waals surface area contributed by atoms with E-state index < -0.39 is 5.97 Å². The number of rotatable bonds is 3. The summed E-state index contributed by atoms with van der Waals surface area (Å²) in [5, 5.41) is 0. The molecule has 1 rings (SSSR count). The number of methoxy groups -OCH3 is 1. The van der Waals surface area contributed by atoms with Gasteiger partial charge in [-0.15, -0.1) is 0 Å². The molecular weight excluding hydrogens is 182 g/mol. The number of ether oxygens (including phenoxy) is 2. The Morgan fingerprint density at radius 2 is 2.21 bits per heavy atom. The van der Waals surface area contributed by atoms with Crippen molar-refractivity contribution in [2.24, 2.45) is 0 Å². The first-order valence-electron chi connectivity index (χ1n) is 4.34. The molecule has 4 heteroatoms. The highest BCUT2D eigenvalue weighted by Gasteiger charge is 2.08. The molecule has 0 unspecified atom stereocenters. The van der Waals surface area contributed by atoms with Crippen molar-refractivity contribution in [3.8, 4) is 5.75 Å². The third-order valence-electron chi connectivity index (χ3n) is 1.50. The third kappa shape index (κ3) is 2.73. The van der Waals surface area contributed by atoms with Crippen LogP contribution < -0.4 is 4.74 Å². The van der Waals surface area contributed by atoms with Crippen molar-refractivity contribution < 1.29 is 14.3 Å². The molecule has 0 radical (unpaired) electrons. The molecule has 14 heavy (non-hydrogen) atoms. The molecule has 1 aromatic rings. The van der Waals surface area contributed by atoms with Gasteiger partial charge in [-0.2, -0.15) is 0 Å². The van der Waals surface area contributed by atoms with Crippen LogP contribution in [-0.4, -0.2) is 24.2 Å². The average Bonchev–Trinajstić information content (AvgIpc) is 2.16. The van der Waals surface area contributed by atoms with Gasteiger partial charge in [-0.1, -0.05) is 0 Å². The predicted molar refractivity (Wildman–Crippen MR) is 51.3 cm³/mol. The zero-order valence-electron chi connectivity index (χ0n) is 8.48. The Labute approximate surface area is 82.9 Å². The number of carbonyl (C=O) groups excluding carboxylic acids is 1. The van der Waals surface area contributed by atoms with Gasteiger partial charge in [0.25, 0.3) is 0 Å². The molecule has 0 fully saturated rings. The molecule has 76 valence electrons. The van der Waals surface area contributed by atoms with E-state index in [1.165, 1.54) is 13.3 Å². The minimum absolute atomic E-state index is 0.0721. The number of pyridine rings is 1. The van der Waals surface area contributed by atoms with Gasteiger partial charge in [-0.25, -0.2) is 9.78 Å². The van der Waals surface area contributed by atoms with Gasteiger partial charge in [0.2, 0.25) is 0 Å². The summed E-state index contributed by atoms with van der Waals surface area (Å²) in [5.74, 6) is 0.162. The molecule has 0 atom stereocenters. The second-order valence-corrected chi connectivity index (χ2v) is 3.03. The Bertz CT molecular complexity index is 323. The molecule has 0 bridgehead atoms. The van der Waals surface area contributed by atoms with Gasteiger partial charge in [0, 0.05) is 12.3 Å². The quantitative estimate of drug-likeness (QED) is 0.688. The SMILES string of the molecule is COC(=O)c1cc(OC(C)C)ccn1. The first-order valence-corrected chi connectivity index (χ1v) is 4.34. The van der Waals surface area contributed by atoms with E-state index in [4.69, 9.17) is 4.74 Å². The summed E-state index contributed by atoms with van der Waals surface area (Å²) in [5.41, 5.74) is 0.255. The predicted octanol–water partition coefficient (Wildman–Crippen LogP) is 1.66. The van der Waals surface area contributed by atoms with Crippen LogP contribution in [0.15, 0.2) is 18.3 Å². The molecule has 0 N–H and O–H groups in total. The molecule has 0 aromatic carbocycles. The summed E-state index contributed by atoms with van der Waals surface area (Å²) in [6.07, 6.45) is 1.59. The van der Waals surface area contributed by atoms with Crippen LogP contribution in [-0.2, 0) is 4.74 Å². The lowest BCUT2D eigenvalue weighted by Gasteiger charge is -2.09. The van der Waals surface area contributed by atoms with Crippen LogP contribution in [0, 0.1) is 0 Å². The van der Waals surface area contributed by atoms with Gasteiger partial charge < -0.3 is 9.47 Å². The summed E-state index contributed by atoms with van der Waals surface area (Å²) >= 11 is 0. The van der Waals surface area contributed by atoms with E-state index in [2.05, 4.69) is 9.72 Å². The fourth-order valence-electron chi connectivity index (χ4n) is 0.973. The van der Waals surface area contributed by atoms with Crippen molar-refractivity contribution in [2.75, 3.05) is 7.11 Å². The van der Waals surface area contributed by atoms with Gasteiger partial charge in [-0.05, 0) is 19.9 Å². The van der Waals surface area contributed by atoms with Crippen molar-refractivity contribution in [2.45, 2.75) is 20.0 Å². The Hall–Kier alpha value is -1.58. The number of hydrogen-bond acceptors (Lipinski definition) is 4. The van der Waals surface area contributed by atoms with E-state index in [0.29, 0.717) is 5.75 Å².